The Bertz CT molecular complexity index is 720. The number of alkyl halides is 3. The highest BCUT2D eigenvalue weighted by molar-refractivity contribution is 5.78. The Morgan fingerprint density at radius 1 is 1.09 bits per heavy atom. The zero-order chi connectivity index (χ0) is 24.4. The minimum Gasteiger partial charge on any atom is -0.356 e. The van der Waals surface area contributed by atoms with E-state index in [-0.39, 0.29) is 11.8 Å². The summed E-state index contributed by atoms with van der Waals surface area (Å²) in [6, 6.07) is 5.05. The van der Waals surface area contributed by atoms with E-state index in [4.69, 9.17) is 5.73 Å². The van der Waals surface area contributed by atoms with Crippen LogP contribution in [-0.4, -0.2) is 19.0 Å². The topological polar surface area (TPSA) is 55.1 Å². The van der Waals surface area contributed by atoms with E-state index in [0.29, 0.717) is 6.54 Å². The van der Waals surface area contributed by atoms with Crippen molar-refractivity contribution in [1.82, 2.24) is 5.32 Å². The molecular weight excluding hydrogens is 413 g/mol. The number of amides is 1. The molecule has 0 aliphatic heterocycles. The summed E-state index contributed by atoms with van der Waals surface area (Å²) in [5.41, 5.74) is 7.11. The normalized spacial score (nSPS) is 13.6. The maximum absolute atomic E-state index is 11.9. The Morgan fingerprint density at radius 3 is 2.34 bits per heavy atom. The van der Waals surface area contributed by atoms with Crippen LogP contribution >= 0.6 is 0 Å². The van der Waals surface area contributed by atoms with Crippen LogP contribution in [0.3, 0.4) is 0 Å². The van der Waals surface area contributed by atoms with Crippen LogP contribution in [0.5, 0.6) is 0 Å². The first kappa shape index (κ1) is 29.7. The minimum atomic E-state index is -4.21. The van der Waals surface area contributed by atoms with Crippen molar-refractivity contribution in [1.29, 1.82) is 0 Å². The first-order valence-electron chi connectivity index (χ1n) is 11.4. The third-order valence-electron chi connectivity index (χ3n) is 4.71. The highest BCUT2D eigenvalue weighted by Gasteiger charge is 2.29. The molecule has 3 nitrogen and oxygen atoms in total. The van der Waals surface area contributed by atoms with E-state index < -0.39 is 11.7 Å². The second-order valence-corrected chi connectivity index (χ2v) is 7.43. The quantitative estimate of drug-likeness (QED) is 0.429. The predicted molar refractivity (Wildman–Crippen MR) is 128 cm³/mol. The first-order chi connectivity index (χ1) is 15.2. The predicted octanol–water partition coefficient (Wildman–Crippen LogP) is 6.74. The highest BCUT2D eigenvalue weighted by atomic mass is 19.4. The monoisotopic (exact) mass is 452 g/mol. The van der Waals surface area contributed by atoms with Gasteiger partial charge in [0.1, 0.15) is 0 Å². The van der Waals surface area contributed by atoms with Crippen LogP contribution in [-0.2, 0) is 11.0 Å². The number of nitrogens with two attached hydrogens (primary N) is 1. The molecule has 0 bridgehead atoms. The van der Waals surface area contributed by atoms with E-state index in [0.717, 1.165) is 56.3 Å². The Morgan fingerprint density at radius 2 is 1.75 bits per heavy atom. The van der Waals surface area contributed by atoms with Gasteiger partial charge in [0, 0.05) is 12.5 Å². The van der Waals surface area contributed by atoms with E-state index in [1.807, 2.05) is 26.8 Å². The van der Waals surface area contributed by atoms with Crippen molar-refractivity contribution in [2.75, 3.05) is 13.1 Å². The number of carbonyl (C=O) groups is 1. The van der Waals surface area contributed by atoms with Crippen molar-refractivity contribution >= 4 is 5.91 Å². The molecular formula is C26H39F3N2O. The molecule has 1 amide bonds. The molecule has 1 unspecified atom stereocenters. The van der Waals surface area contributed by atoms with Crippen molar-refractivity contribution < 1.29 is 18.0 Å². The molecule has 0 heterocycles. The molecule has 0 radical (unpaired) electrons. The van der Waals surface area contributed by atoms with Gasteiger partial charge < -0.3 is 11.1 Å². The van der Waals surface area contributed by atoms with Crippen LogP contribution < -0.4 is 11.1 Å². The molecule has 0 fully saturated rings. The number of benzene rings is 1. The maximum atomic E-state index is 11.9. The lowest BCUT2D eigenvalue weighted by Gasteiger charge is -2.11. The highest BCUT2D eigenvalue weighted by Crippen LogP contribution is 2.28. The van der Waals surface area contributed by atoms with Crippen LogP contribution in [0.15, 0.2) is 60.2 Å². The van der Waals surface area contributed by atoms with Gasteiger partial charge in [0.2, 0.25) is 5.91 Å². The van der Waals surface area contributed by atoms with Gasteiger partial charge in [0.25, 0.3) is 0 Å². The van der Waals surface area contributed by atoms with E-state index in [2.05, 4.69) is 29.6 Å². The third-order valence-corrected chi connectivity index (χ3v) is 4.71. The fourth-order valence-corrected chi connectivity index (χ4v) is 2.81. The molecule has 0 saturated carbocycles. The second kappa shape index (κ2) is 17.2. The van der Waals surface area contributed by atoms with Gasteiger partial charge in [-0.3, -0.25) is 4.79 Å². The molecule has 1 aliphatic carbocycles. The second-order valence-electron chi connectivity index (χ2n) is 7.43. The molecule has 3 N–H and O–H groups in total. The van der Waals surface area contributed by atoms with Crippen molar-refractivity contribution in [2.24, 2.45) is 11.7 Å². The number of nitrogens with one attached hydrogen (secondary N) is 1. The smallest absolute Gasteiger partial charge is 0.356 e. The number of allylic oxidation sites excluding steroid dienone is 6. The summed E-state index contributed by atoms with van der Waals surface area (Å²) >= 11 is 0. The summed E-state index contributed by atoms with van der Waals surface area (Å²) in [4.78, 5) is 11.8. The fraction of sp³-hybridized carbons (Fsp3) is 0.500. The summed E-state index contributed by atoms with van der Waals surface area (Å²) in [5, 5.41) is 3.00. The summed E-state index contributed by atoms with van der Waals surface area (Å²) in [7, 11) is 0. The molecule has 32 heavy (non-hydrogen) atoms. The molecule has 1 atom stereocenters. The minimum absolute atomic E-state index is 0.0755. The summed E-state index contributed by atoms with van der Waals surface area (Å²) in [6.07, 6.45) is 11.2. The number of aryl methyl sites for hydroxylation is 1. The molecule has 0 spiro atoms. The number of carbonyl (C=O) groups excluding carboxylic acids is 1. The molecule has 6 heteroatoms. The Balaban J connectivity index is 0.000000626. The van der Waals surface area contributed by atoms with Crippen LogP contribution in [0.25, 0.3) is 0 Å². The van der Waals surface area contributed by atoms with Crippen LogP contribution in [0, 0.1) is 12.8 Å². The van der Waals surface area contributed by atoms with Crippen molar-refractivity contribution in [3.8, 4) is 0 Å². The van der Waals surface area contributed by atoms with Crippen molar-refractivity contribution in [2.45, 2.75) is 66.0 Å². The zero-order valence-corrected chi connectivity index (χ0v) is 19.8. The SMILES string of the molecule is CC.CC(CCCN)C(=O)NCCCC1=CC=CC=CC1.Cc1ccc(C(F)(F)F)cc1. The van der Waals surface area contributed by atoms with Crippen LogP contribution in [0.4, 0.5) is 13.2 Å². The van der Waals surface area contributed by atoms with Gasteiger partial charge in [0.05, 0.1) is 5.56 Å². The number of halogens is 3. The lowest BCUT2D eigenvalue weighted by molar-refractivity contribution is -0.137. The van der Waals surface area contributed by atoms with Crippen molar-refractivity contribution in [3.63, 3.8) is 0 Å². The molecule has 0 saturated heterocycles. The average Bonchev–Trinajstić information content (AvgIpc) is 3.05. The zero-order valence-electron chi connectivity index (χ0n) is 19.8. The molecule has 1 aromatic carbocycles. The third kappa shape index (κ3) is 13.9. The maximum Gasteiger partial charge on any atom is 0.416 e. The lowest BCUT2D eigenvalue weighted by atomic mass is 10.0. The number of hydrogen-bond donors (Lipinski definition) is 2. The summed E-state index contributed by atoms with van der Waals surface area (Å²) in [6.45, 7) is 9.14. The standard InChI is InChI=1S/C16H26N2O.C8H7F3.C2H6/c1-14(8-6-12-17)16(19)18-13-7-11-15-9-4-2-3-5-10-15;1-6-2-4-7(5-3-6)8(9,10)11;1-2/h2-5,9,14H,6-8,10-13,17H2,1H3,(H,18,19);2-5H,1H3;1-2H3. The summed E-state index contributed by atoms with van der Waals surface area (Å²) in [5.74, 6) is 0.231. The van der Waals surface area contributed by atoms with E-state index in [9.17, 15) is 18.0 Å². The van der Waals surface area contributed by atoms with Gasteiger partial charge in [-0.25, -0.2) is 0 Å². The Kier molecular flexibility index (Phi) is 16.0. The van der Waals surface area contributed by atoms with Crippen molar-refractivity contribution in [3.05, 3.63) is 71.3 Å². The van der Waals surface area contributed by atoms with Gasteiger partial charge in [-0.2, -0.15) is 13.2 Å². The summed E-state index contributed by atoms with van der Waals surface area (Å²) < 4.78 is 35.8. The van der Waals surface area contributed by atoms with Crippen LogP contribution in [0.1, 0.15) is 64.0 Å². The Labute approximate surface area is 191 Å². The number of rotatable bonds is 8. The van der Waals surface area contributed by atoms with Gasteiger partial charge >= 0.3 is 6.18 Å². The van der Waals surface area contributed by atoms with Gasteiger partial charge in [0.15, 0.2) is 0 Å². The fourth-order valence-electron chi connectivity index (χ4n) is 2.81. The average molecular weight is 453 g/mol. The van der Waals surface area contributed by atoms with E-state index >= 15 is 0 Å². The van der Waals surface area contributed by atoms with Gasteiger partial charge in [-0.05, 0) is 57.7 Å². The van der Waals surface area contributed by atoms with E-state index in [1.165, 1.54) is 17.7 Å². The largest absolute Gasteiger partial charge is 0.416 e. The van der Waals surface area contributed by atoms with Gasteiger partial charge in [-0.15, -0.1) is 0 Å². The lowest BCUT2D eigenvalue weighted by Crippen LogP contribution is -2.30. The van der Waals surface area contributed by atoms with E-state index in [1.54, 1.807) is 6.92 Å². The molecule has 2 rings (SSSR count). The first-order valence-corrected chi connectivity index (χ1v) is 11.4. The Hall–Kier alpha value is -2.34. The molecule has 0 aromatic heterocycles. The van der Waals surface area contributed by atoms with Gasteiger partial charge in [-0.1, -0.05) is 74.4 Å². The molecule has 1 aromatic rings. The molecule has 180 valence electrons. The molecule has 1 aliphatic rings. The number of hydrogen-bond acceptors (Lipinski definition) is 2. The van der Waals surface area contributed by atoms with Crippen LogP contribution in [0.2, 0.25) is 0 Å².